The fourth-order valence-corrected chi connectivity index (χ4v) is 2.93. The highest BCUT2D eigenvalue weighted by Gasteiger charge is 2.07. The van der Waals surface area contributed by atoms with Gasteiger partial charge in [0.1, 0.15) is 18.5 Å². The van der Waals surface area contributed by atoms with E-state index in [4.69, 9.17) is 4.74 Å². The lowest BCUT2D eigenvalue weighted by molar-refractivity contribution is 0.117. The number of anilines is 1. The van der Waals surface area contributed by atoms with Crippen LogP contribution in [0.3, 0.4) is 0 Å². The van der Waals surface area contributed by atoms with Crippen LogP contribution in [0.15, 0.2) is 51.4 Å². The molecule has 0 aliphatic carbocycles. The summed E-state index contributed by atoms with van der Waals surface area (Å²) in [6.45, 7) is 2.70. The summed E-state index contributed by atoms with van der Waals surface area (Å²) >= 11 is 6.88. The normalized spacial score (nSPS) is 12.0. The minimum atomic E-state index is -0.582. The van der Waals surface area contributed by atoms with Crippen molar-refractivity contribution < 1.29 is 9.84 Å². The number of halogens is 2. The molecule has 0 aliphatic rings. The maximum atomic E-state index is 9.96. The van der Waals surface area contributed by atoms with Gasteiger partial charge in [-0.15, -0.1) is 0 Å². The van der Waals surface area contributed by atoms with Gasteiger partial charge >= 0.3 is 0 Å². The molecule has 0 spiro atoms. The Bertz CT molecular complexity index is 587. The molecule has 0 radical (unpaired) electrons. The molecule has 0 amide bonds. The van der Waals surface area contributed by atoms with E-state index in [0.29, 0.717) is 6.54 Å². The van der Waals surface area contributed by atoms with Gasteiger partial charge in [0.2, 0.25) is 0 Å². The molecule has 21 heavy (non-hydrogen) atoms. The number of nitrogens with one attached hydrogen (secondary N) is 1. The van der Waals surface area contributed by atoms with Crippen LogP contribution in [-0.2, 0) is 0 Å². The van der Waals surface area contributed by atoms with Gasteiger partial charge < -0.3 is 15.2 Å². The summed E-state index contributed by atoms with van der Waals surface area (Å²) in [5.74, 6) is 0.768. The number of aryl methyl sites for hydroxylation is 1. The molecule has 0 bridgehead atoms. The SMILES string of the molecule is Cc1ccc(OCC(O)CNc2ccc(Br)cc2Br)cc1. The van der Waals surface area contributed by atoms with Crippen molar-refractivity contribution in [2.24, 2.45) is 0 Å². The fourth-order valence-electron chi connectivity index (χ4n) is 1.75. The van der Waals surface area contributed by atoms with E-state index in [1.807, 2.05) is 49.4 Å². The van der Waals surface area contributed by atoms with E-state index in [-0.39, 0.29) is 6.61 Å². The maximum absolute atomic E-state index is 9.96. The van der Waals surface area contributed by atoms with Gasteiger partial charge in [-0.3, -0.25) is 0 Å². The van der Waals surface area contributed by atoms with Crippen molar-refractivity contribution in [1.29, 1.82) is 0 Å². The predicted molar refractivity (Wildman–Crippen MR) is 93.0 cm³/mol. The third-order valence-corrected chi connectivity index (χ3v) is 4.07. The largest absolute Gasteiger partial charge is 0.491 e. The maximum Gasteiger partial charge on any atom is 0.119 e. The van der Waals surface area contributed by atoms with Gasteiger partial charge in [-0.25, -0.2) is 0 Å². The third-order valence-electron chi connectivity index (χ3n) is 2.92. The minimum absolute atomic E-state index is 0.254. The van der Waals surface area contributed by atoms with E-state index in [1.54, 1.807) is 0 Å². The zero-order chi connectivity index (χ0) is 15.2. The Morgan fingerprint density at radius 1 is 1.14 bits per heavy atom. The number of benzene rings is 2. The highest BCUT2D eigenvalue weighted by molar-refractivity contribution is 9.11. The van der Waals surface area contributed by atoms with Crippen molar-refractivity contribution in [3.8, 4) is 5.75 Å². The second kappa shape index (κ2) is 7.82. The molecule has 2 aromatic rings. The topological polar surface area (TPSA) is 41.5 Å². The molecule has 0 heterocycles. The monoisotopic (exact) mass is 413 g/mol. The molecule has 0 saturated carbocycles. The molecule has 2 N–H and O–H groups in total. The van der Waals surface area contributed by atoms with Gasteiger partial charge in [0.25, 0.3) is 0 Å². The minimum Gasteiger partial charge on any atom is -0.491 e. The lowest BCUT2D eigenvalue weighted by Crippen LogP contribution is -2.26. The number of rotatable bonds is 6. The molecule has 112 valence electrons. The summed E-state index contributed by atoms with van der Waals surface area (Å²) in [6.07, 6.45) is -0.582. The van der Waals surface area contributed by atoms with Crippen molar-refractivity contribution in [3.63, 3.8) is 0 Å². The summed E-state index contributed by atoms with van der Waals surface area (Å²) in [5, 5.41) is 13.1. The van der Waals surface area contributed by atoms with Crippen molar-refractivity contribution in [3.05, 3.63) is 57.0 Å². The average molecular weight is 415 g/mol. The van der Waals surface area contributed by atoms with Gasteiger partial charge in [0.05, 0.1) is 0 Å². The number of aliphatic hydroxyl groups is 1. The molecule has 0 aromatic heterocycles. The summed E-state index contributed by atoms with van der Waals surface area (Å²) in [7, 11) is 0. The molecule has 2 aromatic carbocycles. The Balaban J connectivity index is 1.79. The Kier molecular flexibility index (Phi) is 6.08. The zero-order valence-electron chi connectivity index (χ0n) is 11.6. The van der Waals surface area contributed by atoms with Crippen molar-refractivity contribution >= 4 is 37.5 Å². The molecule has 2 rings (SSSR count). The Hall–Kier alpha value is -1.04. The third kappa shape index (κ3) is 5.34. The molecular formula is C16H17Br2NO2. The quantitative estimate of drug-likeness (QED) is 0.737. The van der Waals surface area contributed by atoms with Crippen LogP contribution in [0.4, 0.5) is 5.69 Å². The number of hydrogen-bond donors (Lipinski definition) is 2. The van der Waals surface area contributed by atoms with E-state index in [2.05, 4.69) is 37.2 Å². The summed E-state index contributed by atoms with van der Waals surface area (Å²) < 4.78 is 7.50. The Labute approximate surface area is 141 Å². The summed E-state index contributed by atoms with van der Waals surface area (Å²) in [6, 6.07) is 13.6. The first-order valence-electron chi connectivity index (χ1n) is 6.61. The van der Waals surface area contributed by atoms with Gasteiger partial charge in [-0.05, 0) is 53.2 Å². The first-order valence-corrected chi connectivity index (χ1v) is 8.19. The molecule has 0 fully saturated rings. The zero-order valence-corrected chi connectivity index (χ0v) is 14.8. The van der Waals surface area contributed by atoms with E-state index >= 15 is 0 Å². The standard InChI is InChI=1S/C16H17Br2NO2/c1-11-2-5-14(6-3-11)21-10-13(20)9-19-16-7-4-12(17)8-15(16)18/h2-8,13,19-20H,9-10H2,1H3. The van der Waals surface area contributed by atoms with Gasteiger partial charge in [-0.2, -0.15) is 0 Å². The molecule has 1 unspecified atom stereocenters. The number of hydrogen-bond acceptors (Lipinski definition) is 3. The Morgan fingerprint density at radius 3 is 2.52 bits per heavy atom. The van der Waals surface area contributed by atoms with Gasteiger partial charge in [0.15, 0.2) is 0 Å². The van der Waals surface area contributed by atoms with Crippen LogP contribution in [0.1, 0.15) is 5.56 Å². The first-order chi connectivity index (χ1) is 10.0. The van der Waals surface area contributed by atoms with Crippen LogP contribution in [-0.4, -0.2) is 24.4 Å². The van der Waals surface area contributed by atoms with Crippen molar-refractivity contribution in [2.75, 3.05) is 18.5 Å². The molecule has 0 saturated heterocycles. The van der Waals surface area contributed by atoms with Gasteiger partial charge in [-0.1, -0.05) is 33.6 Å². The van der Waals surface area contributed by atoms with Crippen LogP contribution < -0.4 is 10.1 Å². The number of ether oxygens (including phenoxy) is 1. The summed E-state index contributed by atoms with van der Waals surface area (Å²) in [4.78, 5) is 0. The molecule has 3 nitrogen and oxygen atoms in total. The number of aliphatic hydroxyl groups excluding tert-OH is 1. The van der Waals surface area contributed by atoms with E-state index in [9.17, 15) is 5.11 Å². The lowest BCUT2D eigenvalue weighted by atomic mass is 10.2. The van der Waals surface area contributed by atoms with Crippen LogP contribution in [0, 0.1) is 6.92 Å². The fraction of sp³-hybridized carbons (Fsp3) is 0.250. The smallest absolute Gasteiger partial charge is 0.119 e. The van der Waals surface area contributed by atoms with E-state index in [1.165, 1.54) is 5.56 Å². The van der Waals surface area contributed by atoms with Crippen molar-refractivity contribution in [2.45, 2.75) is 13.0 Å². The average Bonchev–Trinajstić information content (AvgIpc) is 2.46. The van der Waals surface area contributed by atoms with Gasteiger partial charge in [0, 0.05) is 21.2 Å². The first kappa shape index (κ1) is 16.3. The molecule has 1 atom stereocenters. The van der Waals surface area contributed by atoms with Crippen LogP contribution in [0.25, 0.3) is 0 Å². The van der Waals surface area contributed by atoms with E-state index in [0.717, 1.165) is 20.4 Å². The second-order valence-corrected chi connectivity index (χ2v) is 6.55. The highest BCUT2D eigenvalue weighted by Crippen LogP contribution is 2.26. The predicted octanol–water partition coefficient (Wildman–Crippen LogP) is 4.37. The lowest BCUT2D eigenvalue weighted by Gasteiger charge is -2.15. The molecule has 0 aliphatic heterocycles. The van der Waals surface area contributed by atoms with Crippen LogP contribution in [0.2, 0.25) is 0 Å². The molecular weight excluding hydrogens is 398 g/mol. The van der Waals surface area contributed by atoms with Crippen molar-refractivity contribution in [1.82, 2.24) is 0 Å². The van der Waals surface area contributed by atoms with E-state index < -0.39 is 6.10 Å². The molecule has 5 heteroatoms. The summed E-state index contributed by atoms with van der Waals surface area (Å²) in [5.41, 5.74) is 2.12. The Morgan fingerprint density at radius 2 is 1.86 bits per heavy atom. The second-order valence-electron chi connectivity index (χ2n) is 4.78. The highest BCUT2D eigenvalue weighted by atomic mass is 79.9. The van der Waals surface area contributed by atoms with Crippen LogP contribution >= 0.6 is 31.9 Å². The van der Waals surface area contributed by atoms with Crippen LogP contribution in [0.5, 0.6) is 5.75 Å².